The van der Waals surface area contributed by atoms with Crippen LogP contribution in [0.4, 0.5) is 5.69 Å². The van der Waals surface area contributed by atoms with E-state index in [4.69, 9.17) is 9.47 Å². The van der Waals surface area contributed by atoms with Crippen molar-refractivity contribution < 1.29 is 43.0 Å². The van der Waals surface area contributed by atoms with Crippen LogP contribution in [0, 0.1) is 0 Å². The molecule has 0 fully saturated rings. The molecule has 0 saturated heterocycles. The van der Waals surface area contributed by atoms with Crippen LogP contribution < -0.4 is 10.2 Å². The average Bonchev–Trinajstić information content (AvgIpc) is 3.12. The van der Waals surface area contributed by atoms with Gasteiger partial charge in [-0.2, -0.15) is 0 Å². The van der Waals surface area contributed by atoms with E-state index < -0.39 is 36.7 Å². The molecule has 1 aromatic rings. The Hall–Kier alpha value is -3.85. The van der Waals surface area contributed by atoms with E-state index in [2.05, 4.69) is 0 Å². The molecule has 0 aromatic heterocycles. The molecule has 0 saturated carbocycles. The summed E-state index contributed by atoms with van der Waals surface area (Å²) in [5, 5.41) is -0.438. The van der Waals surface area contributed by atoms with E-state index in [0.717, 1.165) is 12.1 Å². The number of amides is 2. The maximum Gasteiger partial charge on any atom is 0.356 e. The molecule has 11 heteroatoms. The minimum Gasteiger partial charge on any atom is -0.462 e. The van der Waals surface area contributed by atoms with Crippen molar-refractivity contribution in [1.29, 1.82) is 0 Å². The van der Waals surface area contributed by atoms with Gasteiger partial charge in [-0.1, -0.05) is 24.3 Å². The molecule has 2 amide bonds. The number of carbonyl (C=O) groups is 4. The summed E-state index contributed by atoms with van der Waals surface area (Å²) < 4.78 is 22.4. The zero-order valence-corrected chi connectivity index (χ0v) is 19.6. The number of anilines is 1. The molecule has 0 bridgehead atoms. The average molecular weight is 497 g/mol. The number of carbonyl (C=O) groups excluding carboxylic acids is 4. The van der Waals surface area contributed by atoms with Gasteiger partial charge in [0, 0.05) is 5.56 Å². The molecule has 1 heterocycles. The standard InChI is InChI=1S/C24H20NO9P/c1-3-33-23(28)18-14-11-7-8-13(35(30,31)32)12-17(14)19(24(29)34-4-2)20(18)25-21(26)15-9-5-6-10-16(15)22(25)27/h5-12H,3-4H2,1-2H3,(H2,30,31,32). The lowest BCUT2D eigenvalue weighted by Crippen LogP contribution is -2.32. The lowest BCUT2D eigenvalue weighted by atomic mass is 10.1. The molecule has 10 nitrogen and oxygen atoms in total. The first-order valence-electron chi connectivity index (χ1n) is 10.6. The van der Waals surface area contributed by atoms with Crippen LogP contribution in [-0.2, 0) is 14.0 Å². The summed E-state index contributed by atoms with van der Waals surface area (Å²) in [5.74, 6) is -3.45. The third-order valence-electron chi connectivity index (χ3n) is 5.44. The van der Waals surface area contributed by atoms with E-state index in [9.17, 15) is 33.5 Å². The van der Waals surface area contributed by atoms with Gasteiger partial charge in [-0.15, -0.1) is 0 Å². The first-order chi connectivity index (χ1) is 16.6. The number of benzene rings is 1. The zero-order chi connectivity index (χ0) is 25.5. The fourth-order valence-electron chi connectivity index (χ4n) is 4.03. The van der Waals surface area contributed by atoms with Gasteiger partial charge in [0.05, 0.1) is 46.5 Å². The van der Waals surface area contributed by atoms with Crippen molar-refractivity contribution in [2.45, 2.75) is 13.8 Å². The minimum absolute atomic E-state index is 0.0471. The molecule has 4 rings (SSSR count). The quantitative estimate of drug-likeness (QED) is 0.298. The summed E-state index contributed by atoms with van der Waals surface area (Å²) >= 11 is 0. The Morgan fingerprint density at radius 3 is 1.77 bits per heavy atom. The van der Waals surface area contributed by atoms with Gasteiger partial charge in [-0.05, 0) is 43.7 Å². The van der Waals surface area contributed by atoms with E-state index in [0.29, 0.717) is 4.90 Å². The van der Waals surface area contributed by atoms with Crippen molar-refractivity contribution in [3.05, 3.63) is 70.8 Å². The van der Waals surface area contributed by atoms with Crippen LogP contribution in [0.15, 0.2) is 48.5 Å². The number of hydrogen-bond acceptors (Lipinski definition) is 7. The minimum atomic E-state index is -4.79. The molecule has 2 N–H and O–H groups in total. The van der Waals surface area contributed by atoms with E-state index in [1.54, 1.807) is 19.1 Å². The monoisotopic (exact) mass is 497 g/mol. The third-order valence-corrected chi connectivity index (χ3v) is 6.39. The number of hydrogen-bond donors (Lipinski definition) is 2. The Morgan fingerprint density at radius 1 is 0.800 bits per heavy atom. The highest BCUT2D eigenvalue weighted by Gasteiger charge is 2.44. The normalized spacial score (nSPS) is 13.2. The van der Waals surface area contributed by atoms with Crippen molar-refractivity contribution in [2.24, 2.45) is 0 Å². The second-order valence-corrected chi connectivity index (χ2v) is 9.10. The van der Waals surface area contributed by atoms with E-state index in [-0.39, 0.29) is 52.3 Å². The Labute approximate surface area is 199 Å². The predicted octanol–water partition coefficient (Wildman–Crippen LogP) is 2.75. The van der Waals surface area contributed by atoms with Gasteiger partial charge in [-0.3, -0.25) is 14.2 Å². The van der Waals surface area contributed by atoms with E-state index in [1.165, 1.54) is 31.2 Å². The Morgan fingerprint density at radius 2 is 1.29 bits per heavy atom. The molecular weight excluding hydrogens is 477 g/mol. The smallest absolute Gasteiger partial charge is 0.356 e. The highest BCUT2D eigenvalue weighted by atomic mass is 31.2. The van der Waals surface area contributed by atoms with Gasteiger partial charge >= 0.3 is 19.5 Å². The van der Waals surface area contributed by atoms with E-state index in [1.807, 2.05) is 0 Å². The molecule has 0 atom stereocenters. The summed E-state index contributed by atoms with van der Waals surface area (Å²) in [5.41, 5.74) is -0.856. The molecule has 0 radical (unpaired) electrons. The molecule has 1 aromatic carbocycles. The SMILES string of the molecule is CCOC(=O)c1c2cccc(P(=O)(O)O)cc-2c(C(=O)OCC)c1N1C(=O)c2ccccc2C1=O. The van der Waals surface area contributed by atoms with Crippen molar-refractivity contribution >= 4 is 42.3 Å². The predicted molar refractivity (Wildman–Crippen MR) is 124 cm³/mol. The second kappa shape index (κ2) is 9.07. The van der Waals surface area contributed by atoms with Crippen LogP contribution in [0.3, 0.4) is 0 Å². The number of esters is 2. The molecule has 0 spiro atoms. The Kier molecular flexibility index (Phi) is 6.29. The summed E-state index contributed by atoms with van der Waals surface area (Å²) in [7, 11) is -4.79. The molecular formula is C24H20NO9P. The van der Waals surface area contributed by atoms with Crippen molar-refractivity contribution in [1.82, 2.24) is 0 Å². The van der Waals surface area contributed by atoms with Crippen molar-refractivity contribution in [3.8, 4) is 11.1 Å². The first-order valence-corrected chi connectivity index (χ1v) is 12.2. The maximum atomic E-state index is 13.3. The van der Waals surface area contributed by atoms with E-state index >= 15 is 0 Å². The lowest BCUT2D eigenvalue weighted by Gasteiger charge is -2.17. The van der Waals surface area contributed by atoms with Gasteiger partial charge in [0.15, 0.2) is 0 Å². The van der Waals surface area contributed by atoms with Crippen LogP contribution >= 0.6 is 7.60 Å². The van der Waals surface area contributed by atoms with Crippen LogP contribution in [0.1, 0.15) is 55.3 Å². The Balaban J connectivity index is 2.13. The summed E-state index contributed by atoms with van der Waals surface area (Å²) in [6.07, 6.45) is 0. The maximum absolute atomic E-state index is 13.3. The van der Waals surface area contributed by atoms with Gasteiger partial charge in [0.1, 0.15) is 0 Å². The largest absolute Gasteiger partial charge is 0.462 e. The topological polar surface area (TPSA) is 148 Å². The van der Waals surface area contributed by atoms with Crippen LogP contribution in [0.2, 0.25) is 0 Å². The van der Waals surface area contributed by atoms with Crippen molar-refractivity contribution in [2.75, 3.05) is 18.1 Å². The number of rotatable bonds is 6. The van der Waals surface area contributed by atoms with Gasteiger partial charge in [0.25, 0.3) is 11.8 Å². The number of fused-ring (bicyclic) bond motifs is 2. The van der Waals surface area contributed by atoms with Crippen LogP contribution in [0.5, 0.6) is 0 Å². The van der Waals surface area contributed by atoms with Gasteiger partial charge in [-0.25, -0.2) is 14.5 Å². The lowest BCUT2D eigenvalue weighted by molar-refractivity contribution is 0.0525. The molecule has 2 aliphatic carbocycles. The molecule has 0 unspecified atom stereocenters. The van der Waals surface area contributed by atoms with Crippen LogP contribution in [-0.4, -0.2) is 46.8 Å². The number of ether oxygens (including phenoxy) is 2. The van der Waals surface area contributed by atoms with Gasteiger partial charge in [0.2, 0.25) is 0 Å². The molecule has 3 aliphatic rings. The number of nitrogens with zero attached hydrogens (tertiary/aromatic N) is 1. The number of imide groups is 1. The molecule has 180 valence electrons. The fraction of sp³-hybridized carbons (Fsp3) is 0.167. The molecule has 1 aliphatic heterocycles. The second-order valence-electron chi connectivity index (χ2n) is 7.50. The highest BCUT2D eigenvalue weighted by Crippen LogP contribution is 2.46. The summed E-state index contributed by atoms with van der Waals surface area (Å²) in [6.45, 7) is 2.97. The Bertz CT molecular complexity index is 1370. The first kappa shape index (κ1) is 24.3. The van der Waals surface area contributed by atoms with Gasteiger partial charge < -0.3 is 19.3 Å². The van der Waals surface area contributed by atoms with Crippen molar-refractivity contribution in [3.63, 3.8) is 0 Å². The highest BCUT2D eigenvalue weighted by molar-refractivity contribution is 7.60. The zero-order valence-electron chi connectivity index (χ0n) is 18.7. The van der Waals surface area contributed by atoms with Crippen LogP contribution in [0.25, 0.3) is 11.1 Å². The fourth-order valence-corrected chi connectivity index (χ4v) is 4.61. The summed E-state index contributed by atoms with van der Waals surface area (Å²) in [4.78, 5) is 73.1. The third kappa shape index (κ3) is 4.01. The summed E-state index contributed by atoms with van der Waals surface area (Å²) in [6, 6.07) is 10.9. The molecule has 35 heavy (non-hydrogen) atoms.